The zero-order valence-electron chi connectivity index (χ0n) is 16.5. The summed E-state index contributed by atoms with van der Waals surface area (Å²) in [7, 11) is 1.45. The number of carbonyl (C=O) groups excluding carboxylic acids is 1. The molecule has 0 fully saturated rings. The van der Waals surface area contributed by atoms with Gasteiger partial charge in [-0.15, -0.1) is 0 Å². The molecule has 0 rings (SSSR count). The molecule has 0 aliphatic rings. The molecule has 0 bridgehead atoms. The monoisotopic (exact) mass is 338 g/mol. The fourth-order valence-corrected chi connectivity index (χ4v) is 2.98. The van der Waals surface area contributed by atoms with Gasteiger partial charge >= 0.3 is 5.97 Å². The van der Waals surface area contributed by atoms with Gasteiger partial charge in [0.2, 0.25) is 0 Å². The van der Waals surface area contributed by atoms with Crippen molar-refractivity contribution in [2.45, 2.75) is 116 Å². The summed E-state index contributed by atoms with van der Waals surface area (Å²) >= 11 is 0. The molecule has 2 nitrogen and oxygen atoms in total. The Kier molecular flexibility index (Phi) is 19.6. The molecule has 0 aliphatic carbocycles. The fourth-order valence-electron chi connectivity index (χ4n) is 2.98. The van der Waals surface area contributed by atoms with Gasteiger partial charge in [0.15, 0.2) is 0 Å². The largest absolute Gasteiger partial charge is 0.469 e. The third-order valence-corrected chi connectivity index (χ3v) is 4.62. The van der Waals surface area contributed by atoms with Gasteiger partial charge in [-0.05, 0) is 25.7 Å². The molecule has 0 aromatic rings. The van der Waals surface area contributed by atoms with Crippen LogP contribution < -0.4 is 0 Å². The summed E-state index contributed by atoms with van der Waals surface area (Å²) in [5.41, 5.74) is 0. The first kappa shape index (κ1) is 23.2. The van der Waals surface area contributed by atoms with E-state index in [1.165, 1.54) is 97.0 Å². The highest BCUT2D eigenvalue weighted by Crippen LogP contribution is 2.13. The second-order valence-electron chi connectivity index (χ2n) is 6.97. The number of carbonyl (C=O) groups is 1. The number of allylic oxidation sites excluding steroid dienone is 2. The number of hydrogen-bond acceptors (Lipinski definition) is 2. The van der Waals surface area contributed by atoms with E-state index in [9.17, 15) is 4.79 Å². The molecule has 24 heavy (non-hydrogen) atoms. The molecule has 0 aliphatic heterocycles. The van der Waals surface area contributed by atoms with Crippen LogP contribution in [0.4, 0.5) is 0 Å². The van der Waals surface area contributed by atoms with Gasteiger partial charge in [-0.25, -0.2) is 0 Å². The van der Waals surface area contributed by atoms with Crippen LogP contribution in [0.5, 0.6) is 0 Å². The Hall–Kier alpha value is -0.790. The van der Waals surface area contributed by atoms with Crippen LogP contribution in [0, 0.1) is 0 Å². The van der Waals surface area contributed by atoms with Crippen molar-refractivity contribution in [2.75, 3.05) is 7.11 Å². The molecule has 0 spiro atoms. The minimum Gasteiger partial charge on any atom is -0.469 e. The van der Waals surface area contributed by atoms with Gasteiger partial charge in [0.05, 0.1) is 7.11 Å². The number of rotatable bonds is 18. The van der Waals surface area contributed by atoms with Gasteiger partial charge in [-0.2, -0.15) is 0 Å². The first-order valence-electron chi connectivity index (χ1n) is 10.5. The van der Waals surface area contributed by atoms with Crippen LogP contribution in [0.2, 0.25) is 0 Å². The van der Waals surface area contributed by atoms with Crippen LogP contribution in [0.25, 0.3) is 0 Å². The fraction of sp³-hybridized carbons (Fsp3) is 0.864. The lowest BCUT2D eigenvalue weighted by atomic mass is 10.0. The van der Waals surface area contributed by atoms with E-state index < -0.39 is 0 Å². The third kappa shape index (κ3) is 19.3. The predicted octanol–water partition coefficient (Wildman–Crippen LogP) is 7.37. The number of esters is 1. The van der Waals surface area contributed by atoms with Crippen LogP contribution >= 0.6 is 0 Å². The summed E-state index contributed by atoms with van der Waals surface area (Å²) < 4.78 is 4.62. The summed E-state index contributed by atoms with van der Waals surface area (Å²) in [6, 6.07) is 0. The second kappa shape index (κ2) is 20.3. The summed E-state index contributed by atoms with van der Waals surface area (Å²) in [6.07, 6.45) is 26.5. The molecule has 0 heterocycles. The number of ether oxygens (including phenoxy) is 1. The maximum absolute atomic E-state index is 10.9. The summed E-state index contributed by atoms with van der Waals surface area (Å²) in [5.74, 6) is -0.0973. The van der Waals surface area contributed by atoms with E-state index in [0.29, 0.717) is 6.42 Å². The van der Waals surface area contributed by atoms with Crippen LogP contribution in [-0.2, 0) is 9.53 Å². The van der Waals surface area contributed by atoms with E-state index in [2.05, 4.69) is 23.8 Å². The highest BCUT2D eigenvalue weighted by molar-refractivity contribution is 5.68. The molecule has 0 N–H and O–H groups in total. The second-order valence-corrected chi connectivity index (χ2v) is 6.97. The van der Waals surface area contributed by atoms with E-state index in [4.69, 9.17) is 0 Å². The van der Waals surface area contributed by atoms with Crippen LogP contribution in [-0.4, -0.2) is 13.1 Å². The Balaban J connectivity index is 3.08. The van der Waals surface area contributed by atoms with E-state index in [1.54, 1.807) is 0 Å². The van der Waals surface area contributed by atoms with Gasteiger partial charge in [0.1, 0.15) is 0 Å². The van der Waals surface area contributed by atoms with Crippen molar-refractivity contribution in [2.24, 2.45) is 0 Å². The Labute approximate surface area is 151 Å². The molecule has 0 aromatic heterocycles. The summed E-state index contributed by atoms with van der Waals surface area (Å²) in [4.78, 5) is 10.9. The van der Waals surface area contributed by atoms with Crippen molar-refractivity contribution in [1.82, 2.24) is 0 Å². The van der Waals surface area contributed by atoms with Gasteiger partial charge < -0.3 is 4.74 Å². The average molecular weight is 339 g/mol. The lowest BCUT2D eigenvalue weighted by Crippen LogP contribution is -1.98. The van der Waals surface area contributed by atoms with Crippen molar-refractivity contribution in [3.8, 4) is 0 Å². The van der Waals surface area contributed by atoms with Crippen molar-refractivity contribution >= 4 is 5.97 Å². The number of unbranched alkanes of at least 4 members (excludes halogenated alkanes) is 14. The molecule has 142 valence electrons. The Morgan fingerprint density at radius 2 is 1.08 bits per heavy atom. The lowest BCUT2D eigenvalue weighted by Gasteiger charge is -2.02. The highest BCUT2D eigenvalue weighted by Gasteiger charge is 1.97. The molecule has 0 aromatic carbocycles. The van der Waals surface area contributed by atoms with Gasteiger partial charge in [-0.3, -0.25) is 4.79 Å². The lowest BCUT2D eigenvalue weighted by molar-refractivity contribution is -0.140. The van der Waals surface area contributed by atoms with Crippen LogP contribution in [0.15, 0.2) is 12.2 Å². The molecule has 0 radical (unpaired) electrons. The Morgan fingerprint density at radius 3 is 1.54 bits per heavy atom. The van der Waals surface area contributed by atoms with Crippen LogP contribution in [0.3, 0.4) is 0 Å². The topological polar surface area (TPSA) is 26.3 Å². The standard InChI is InChI=1S/C22H42O2/c1-3-4-5-6-7-8-9-10-11-12-13-14-15-16-17-18-19-20-21-22(23)24-2/h17-18H,3-16,19-21H2,1-2H3/b18-17+. The first-order valence-corrected chi connectivity index (χ1v) is 10.5. The van der Waals surface area contributed by atoms with Crippen molar-refractivity contribution in [1.29, 1.82) is 0 Å². The van der Waals surface area contributed by atoms with Gasteiger partial charge in [-0.1, -0.05) is 96.1 Å². The molecule has 0 atom stereocenters. The van der Waals surface area contributed by atoms with Crippen LogP contribution in [0.1, 0.15) is 116 Å². The molecule has 0 amide bonds. The quantitative estimate of drug-likeness (QED) is 0.148. The minimum absolute atomic E-state index is 0.0973. The first-order chi connectivity index (χ1) is 11.8. The molecular weight excluding hydrogens is 296 g/mol. The van der Waals surface area contributed by atoms with Crippen molar-refractivity contribution in [3.05, 3.63) is 12.2 Å². The average Bonchev–Trinajstić information content (AvgIpc) is 2.60. The highest BCUT2D eigenvalue weighted by atomic mass is 16.5. The molecule has 0 saturated carbocycles. The van der Waals surface area contributed by atoms with Crippen molar-refractivity contribution < 1.29 is 9.53 Å². The molecule has 0 saturated heterocycles. The van der Waals surface area contributed by atoms with E-state index in [1.807, 2.05) is 0 Å². The maximum atomic E-state index is 10.9. The number of methoxy groups -OCH3 is 1. The SMILES string of the molecule is CCCCCCCCCCCCCCC/C=C/CCCC(=O)OC. The minimum atomic E-state index is -0.0973. The molecule has 0 unspecified atom stereocenters. The van der Waals surface area contributed by atoms with Crippen molar-refractivity contribution in [3.63, 3.8) is 0 Å². The van der Waals surface area contributed by atoms with E-state index in [0.717, 1.165) is 12.8 Å². The summed E-state index contributed by atoms with van der Waals surface area (Å²) in [6.45, 7) is 2.28. The Bertz CT molecular complexity index is 284. The molecule has 2 heteroatoms. The normalized spacial score (nSPS) is 11.2. The van der Waals surface area contributed by atoms with E-state index >= 15 is 0 Å². The summed E-state index contributed by atoms with van der Waals surface area (Å²) in [5, 5.41) is 0. The zero-order chi connectivity index (χ0) is 17.7. The predicted molar refractivity (Wildman–Crippen MR) is 105 cm³/mol. The zero-order valence-corrected chi connectivity index (χ0v) is 16.5. The number of hydrogen-bond donors (Lipinski definition) is 0. The van der Waals surface area contributed by atoms with E-state index in [-0.39, 0.29) is 5.97 Å². The maximum Gasteiger partial charge on any atom is 0.305 e. The third-order valence-electron chi connectivity index (χ3n) is 4.62. The van der Waals surface area contributed by atoms with Gasteiger partial charge in [0, 0.05) is 6.42 Å². The smallest absolute Gasteiger partial charge is 0.305 e. The molecular formula is C22H42O2. The Morgan fingerprint density at radius 1 is 0.667 bits per heavy atom. The van der Waals surface area contributed by atoms with Gasteiger partial charge in [0.25, 0.3) is 0 Å².